The van der Waals surface area contributed by atoms with Crippen molar-refractivity contribution in [3.8, 4) is 11.1 Å². The van der Waals surface area contributed by atoms with E-state index in [1.807, 2.05) is 37.8 Å². The monoisotopic (exact) mass is 540 g/mol. The Kier molecular flexibility index (Phi) is 8.11. The van der Waals surface area contributed by atoms with Crippen LogP contribution >= 0.6 is 0 Å². The zero-order chi connectivity index (χ0) is 28.8. The summed E-state index contributed by atoms with van der Waals surface area (Å²) < 4.78 is 47.1. The van der Waals surface area contributed by atoms with Gasteiger partial charge in [-0.1, -0.05) is 31.5 Å². The number of likely N-dealkylation sites (tertiary alicyclic amines) is 1. The van der Waals surface area contributed by atoms with Crippen LogP contribution in [-0.2, 0) is 12.0 Å². The molecule has 1 fully saturated rings. The van der Waals surface area contributed by atoms with Gasteiger partial charge in [-0.05, 0) is 80.8 Å². The lowest BCUT2D eigenvalue weighted by molar-refractivity contribution is 0.0669. The van der Waals surface area contributed by atoms with Gasteiger partial charge < -0.3 is 5.73 Å². The average Bonchev–Trinajstić information content (AvgIpc) is 2.83. The first-order valence-corrected chi connectivity index (χ1v) is 13.5. The van der Waals surface area contributed by atoms with Crippen LogP contribution in [0, 0.1) is 45.2 Å². The molecule has 1 aliphatic heterocycles. The summed E-state index contributed by atoms with van der Waals surface area (Å²) in [7, 11) is 0. The minimum atomic E-state index is -1.58. The minimum Gasteiger partial charge on any atom is -0.319 e. The third kappa shape index (κ3) is 5.29. The lowest BCUT2D eigenvalue weighted by atomic mass is 9.73. The third-order valence-electron chi connectivity index (χ3n) is 8.32. The molecule has 2 unspecified atom stereocenters. The van der Waals surface area contributed by atoms with Crippen LogP contribution in [0.2, 0.25) is 0 Å². The SMILES string of the molecule is Cc1cc(C)c(-c2cc(C)c(F)c(C(N)(C(C)C)C(C)n3cc(CCN4CC(F)C4)cnc3=O)c2F)c(C)c1. The maximum atomic E-state index is 16.6. The number of nitrogens with zero attached hydrogens (tertiary/aromatic N) is 3. The van der Waals surface area contributed by atoms with Gasteiger partial charge in [0, 0.05) is 43.2 Å². The van der Waals surface area contributed by atoms with Crippen LogP contribution in [0.3, 0.4) is 0 Å². The van der Waals surface area contributed by atoms with Gasteiger partial charge in [0.05, 0.1) is 11.6 Å². The Morgan fingerprint density at radius 1 is 1.03 bits per heavy atom. The highest BCUT2D eigenvalue weighted by molar-refractivity contribution is 5.73. The number of aryl methyl sites for hydroxylation is 4. The number of alkyl halides is 1. The summed E-state index contributed by atoms with van der Waals surface area (Å²) >= 11 is 0. The van der Waals surface area contributed by atoms with Crippen LogP contribution in [-0.4, -0.2) is 40.3 Å². The van der Waals surface area contributed by atoms with Gasteiger partial charge in [-0.15, -0.1) is 0 Å². The van der Waals surface area contributed by atoms with E-state index >= 15 is 8.78 Å². The van der Waals surface area contributed by atoms with Gasteiger partial charge in [-0.2, -0.15) is 0 Å². The van der Waals surface area contributed by atoms with Crippen LogP contribution in [0.4, 0.5) is 13.2 Å². The molecule has 0 bridgehead atoms. The largest absolute Gasteiger partial charge is 0.347 e. The molecule has 3 aromatic rings. The molecule has 5 nitrogen and oxygen atoms in total. The fraction of sp³-hybridized carbons (Fsp3) is 0.484. The summed E-state index contributed by atoms with van der Waals surface area (Å²) in [5, 5.41) is 0. The molecule has 0 amide bonds. The molecule has 0 radical (unpaired) electrons. The molecular formula is C31H39F3N4O. The van der Waals surface area contributed by atoms with E-state index < -0.39 is 41.0 Å². The van der Waals surface area contributed by atoms with Crippen molar-refractivity contribution < 1.29 is 13.2 Å². The van der Waals surface area contributed by atoms with E-state index in [2.05, 4.69) is 4.98 Å². The van der Waals surface area contributed by atoms with E-state index in [0.29, 0.717) is 37.2 Å². The van der Waals surface area contributed by atoms with Crippen molar-refractivity contribution in [2.75, 3.05) is 19.6 Å². The maximum Gasteiger partial charge on any atom is 0.347 e. The van der Waals surface area contributed by atoms with Gasteiger partial charge in [0.25, 0.3) is 0 Å². The van der Waals surface area contributed by atoms with Crippen molar-refractivity contribution in [2.45, 2.75) is 72.6 Å². The van der Waals surface area contributed by atoms with E-state index in [9.17, 15) is 9.18 Å². The highest BCUT2D eigenvalue weighted by Crippen LogP contribution is 2.44. The van der Waals surface area contributed by atoms with Crippen LogP contribution in [0.15, 0.2) is 35.4 Å². The van der Waals surface area contributed by atoms with Gasteiger partial charge >= 0.3 is 5.69 Å². The first-order chi connectivity index (χ1) is 18.2. The predicted molar refractivity (Wildman–Crippen MR) is 150 cm³/mol. The number of hydrogen-bond acceptors (Lipinski definition) is 4. The van der Waals surface area contributed by atoms with Gasteiger partial charge in [0.15, 0.2) is 0 Å². The summed E-state index contributed by atoms with van der Waals surface area (Å²) in [6.07, 6.45) is 2.94. The first-order valence-electron chi connectivity index (χ1n) is 13.5. The fourth-order valence-electron chi connectivity index (χ4n) is 6.00. The first kappa shape index (κ1) is 29.0. The zero-order valence-corrected chi connectivity index (χ0v) is 23.9. The lowest BCUT2D eigenvalue weighted by Crippen LogP contribution is -2.52. The summed E-state index contributed by atoms with van der Waals surface area (Å²) in [5.41, 5.74) is 9.56. The second kappa shape index (κ2) is 10.9. The minimum absolute atomic E-state index is 0.230. The van der Waals surface area contributed by atoms with Crippen molar-refractivity contribution in [1.82, 2.24) is 14.5 Å². The smallest absolute Gasteiger partial charge is 0.319 e. The number of halogens is 3. The van der Waals surface area contributed by atoms with Crippen LogP contribution in [0.25, 0.3) is 11.1 Å². The molecule has 2 heterocycles. The molecule has 210 valence electrons. The normalized spacial score (nSPS) is 16.8. The molecule has 0 saturated carbocycles. The van der Waals surface area contributed by atoms with E-state index in [0.717, 1.165) is 22.3 Å². The molecule has 0 aliphatic carbocycles. The van der Waals surface area contributed by atoms with Crippen LogP contribution in [0.1, 0.15) is 60.2 Å². The Labute approximate surface area is 228 Å². The summed E-state index contributed by atoms with van der Waals surface area (Å²) in [6.45, 7) is 14.2. The Hall–Kier alpha value is -2.97. The van der Waals surface area contributed by atoms with Gasteiger partial charge in [0.2, 0.25) is 0 Å². The average molecular weight is 541 g/mol. The van der Waals surface area contributed by atoms with Crippen LogP contribution in [0.5, 0.6) is 0 Å². The standard InChI is InChI=1S/C31H39F3N4O/c1-17(2)31(35,22(7)38-14-23(13-36-30(38)39)8-9-37-15-24(32)16-37)27-28(33)21(6)12-25(29(27)34)26-19(4)10-18(3)11-20(26)5/h10-14,17,22,24H,8-9,15-16,35H2,1-7H3. The summed E-state index contributed by atoms with van der Waals surface area (Å²) in [4.78, 5) is 19.0. The molecule has 1 saturated heterocycles. The number of hydrogen-bond donors (Lipinski definition) is 1. The van der Waals surface area contributed by atoms with E-state index in [4.69, 9.17) is 5.73 Å². The number of rotatable bonds is 8. The summed E-state index contributed by atoms with van der Waals surface area (Å²) in [6, 6.07) is 4.67. The fourth-order valence-corrected chi connectivity index (χ4v) is 6.00. The Bertz CT molecular complexity index is 1420. The van der Waals surface area contributed by atoms with E-state index in [1.165, 1.54) is 16.8 Å². The van der Waals surface area contributed by atoms with Crippen LogP contribution < -0.4 is 11.4 Å². The molecule has 1 aliphatic rings. The molecule has 39 heavy (non-hydrogen) atoms. The highest BCUT2D eigenvalue weighted by atomic mass is 19.1. The Morgan fingerprint density at radius 2 is 1.64 bits per heavy atom. The maximum absolute atomic E-state index is 16.6. The zero-order valence-electron chi connectivity index (χ0n) is 23.9. The highest BCUT2D eigenvalue weighted by Gasteiger charge is 2.44. The third-order valence-corrected chi connectivity index (χ3v) is 8.32. The van der Waals surface area contributed by atoms with Gasteiger partial charge in [-0.25, -0.2) is 22.9 Å². The molecule has 0 spiro atoms. The van der Waals surface area contributed by atoms with Gasteiger partial charge in [0.1, 0.15) is 17.8 Å². The van der Waals surface area contributed by atoms with E-state index in [1.54, 1.807) is 33.9 Å². The molecule has 2 atom stereocenters. The predicted octanol–water partition coefficient (Wildman–Crippen LogP) is 5.69. The summed E-state index contributed by atoms with van der Waals surface area (Å²) in [5.74, 6) is -1.87. The second-order valence-corrected chi connectivity index (χ2v) is 11.5. The van der Waals surface area contributed by atoms with Crippen molar-refractivity contribution >= 4 is 0 Å². The molecule has 1 aromatic heterocycles. The topological polar surface area (TPSA) is 64.2 Å². The molecule has 4 rings (SSSR count). The van der Waals surface area contributed by atoms with Crippen molar-refractivity contribution in [3.05, 3.63) is 86.1 Å². The number of benzene rings is 2. The number of nitrogens with two attached hydrogens (primary N) is 1. The van der Waals surface area contributed by atoms with Gasteiger partial charge in [-0.3, -0.25) is 9.47 Å². The Balaban J connectivity index is 1.84. The van der Waals surface area contributed by atoms with Crippen molar-refractivity contribution in [1.29, 1.82) is 0 Å². The number of aromatic nitrogens is 2. The van der Waals surface area contributed by atoms with Crippen molar-refractivity contribution in [3.63, 3.8) is 0 Å². The van der Waals surface area contributed by atoms with E-state index in [-0.39, 0.29) is 11.1 Å². The lowest BCUT2D eigenvalue weighted by Gasteiger charge is -2.41. The molecule has 2 N–H and O–H groups in total. The van der Waals surface area contributed by atoms with Crippen molar-refractivity contribution in [2.24, 2.45) is 11.7 Å². The molecule has 2 aromatic carbocycles. The quantitative estimate of drug-likeness (QED) is 0.399. The second-order valence-electron chi connectivity index (χ2n) is 11.5. The molecule has 8 heteroatoms. The molecular weight excluding hydrogens is 501 g/mol. The Morgan fingerprint density at radius 3 is 2.21 bits per heavy atom.